The molecule has 1 aromatic heterocycles. The minimum Gasteiger partial charge on any atom is -0.467 e. The molecule has 0 radical (unpaired) electrons. The summed E-state index contributed by atoms with van der Waals surface area (Å²) in [5.74, 6) is 2.04. The molecule has 0 unspecified atom stereocenters. The lowest BCUT2D eigenvalue weighted by Gasteiger charge is -2.34. The van der Waals surface area contributed by atoms with Crippen molar-refractivity contribution < 1.29 is 23.4 Å². The van der Waals surface area contributed by atoms with Crippen LogP contribution in [0.3, 0.4) is 0 Å². The molecule has 0 saturated carbocycles. The molecule has 6 nitrogen and oxygen atoms in total. The van der Waals surface area contributed by atoms with Crippen LogP contribution in [0.1, 0.15) is 29.0 Å². The Hall–Kier alpha value is -2.47. The van der Waals surface area contributed by atoms with Gasteiger partial charge in [0.05, 0.1) is 12.8 Å². The van der Waals surface area contributed by atoms with E-state index in [9.17, 15) is 4.79 Å². The van der Waals surface area contributed by atoms with Gasteiger partial charge in [-0.2, -0.15) is 0 Å². The van der Waals surface area contributed by atoms with E-state index in [1.807, 2.05) is 17.0 Å². The zero-order valence-electron chi connectivity index (χ0n) is 13.3. The van der Waals surface area contributed by atoms with Gasteiger partial charge in [-0.3, -0.25) is 4.79 Å². The number of hydrogen-bond donors (Lipinski definition) is 0. The van der Waals surface area contributed by atoms with Crippen LogP contribution in [0.4, 0.5) is 0 Å². The van der Waals surface area contributed by atoms with Gasteiger partial charge in [0.2, 0.25) is 6.79 Å². The van der Waals surface area contributed by atoms with E-state index in [2.05, 4.69) is 0 Å². The third kappa shape index (κ3) is 2.97. The first kappa shape index (κ1) is 15.1. The standard InChI is InChI=1S/C18H19NO5/c20-18(13-3-4-16-17(10-13)24-12-23-16)19(11-15-2-1-7-22-15)14-5-8-21-9-6-14/h1-4,7,10,14H,5-6,8-9,11-12H2. The van der Waals surface area contributed by atoms with Crippen LogP contribution < -0.4 is 9.47 Å². The average molecular weight is 329 g/mol. The van der Waals surface area contributed by atoms with E-state index in [1.165, 1.54) is 0 Å². The van der Waals surface area contributed by atoms with Crippen molar-refractivity contribution in [2.75, 3.05) is 20.0 Å². The molecule has 24 heavy (non-hydrogen) atoms. The predicted octanol–water partition coefficient (Wildman–Crippen LogP) is 2.83. The molecular weight excluding hydrogens is 310 g/mol. The van der Waals surface area contributed by atoms with Crippen LogP contribution in [-0.4, -0.2) is 36.9 Å². The van der Waals surface area contributed by atoms with E-state index in [0.29, 0.717) is 36.8 Å². The highest BCUT2D eigenvalue weighted by Gasteiger charge is 2.28. The number of carbonyl (C=O) groups excluding carboxylic acids is 1. The number of carbonyl (C=O) groups is 1. The van der Waals surface area contributed by atoms with Crippen molar-refractivity contribution in [3.05, 3.63) is 47.9 Å². The second-order valence-corrected chi connectivity index (χ2v) is 5.92. The Balaban J connectivity index is 1.60. The number of rotatable bonds is 4. The molecule has 1 aromatic carbocycles. The van der Waals surface area contributed by atoms with Gasteiger partial charge in [0.25, 0.3) is 5.91 Å². The van der Waals surface area contributed by atoms with Crippen molar-refractivity contribution in [3.63, 3.8) is 0 Å². The van der Waals surface area contributed by atoms with Crippen molar-refractivity contribution in [2.45, 2.75) is 25.4 Å². The molecule has 2 aromatic rings. The van der Waals surface area contributed by atoms with Crippen molar-refractivity contribution in [2.24, 2.45) is 0 Å². The fourth-order valence-corrected chi connectivity index (χ4v) is 3.13. The maximum absolute atomic E-state index is 13.1. The third-order valence-corrected chi connectivity index (χ3v) is 4.42. The molecule has 0 spiro atoms. The Kier molecular flexibility index (Phi) is 4.13. The molecule has 1 saturated heterocycles. The summed E-state index contributed by atoms with van der Waals surface area (Å²) in [5, 5.41) is 0. The van der Waals surface area contributed by atoms with Gasteiger partial charge in [-0.25, -0.2) is 0 Å². The number of benzene rings is 1. The van der Waals surface area contributed by atoms with Crippen LogP contribution in [0, 0.1) is 0 Å². The summed E-state index contributed by atoms with van der Waals surface area (Å²) in [6.45, 7) is 2.00. The van der Waals surface area contributed by atoms with E-state index in [1.54, 1.807) is 24.5 Å². The van der Waals surface area contributed by atoms with Gasteiger partial charge >= 0.3 is 0 Å². The Morgan fingerprint density at radius 3 is 2.75 bits per heavy atom. The van der Waals surface area contributed by atoms with Gasteiger partial charge in [-0.15, -0.1) is 0 Å². The molecule has 0 N–H and O–H groups in total. The third-order valence-electron chi connectivity index (χ3n) is 4.42. The van der Waals surface area contributed by atoms with Gasteiger partial charge in [0.15, 0.2) is 11.5 Å². The molecule has 6 heteroatoms. The normalized spacial score (nSPS) is 17.0. The van der Waals surface area contributed by atoms with Crippen molar-refractivity contribution >= 4 is 5.91 Å². The van der Waals surface area contributed by atoms with Gasteiger partial charge in [0, 0.05) is 24.8 Å². The van der Waals surface area contributed by atoms with Crippen molar-refractivity contribution in [1.82, 2.24) is 4.90 Å². The van der Waals surface area contributed by atoms with Crippen LogP contribution in [0.15, 0.2) is 41.0 Å². The van der Waals surface area contributed by atoms with Crippen LogP contribution in [0.2, 0.25) is 0 Å². The summed E-state index contributed by atoms with van der Waals surface area (Å²) >= 11 is 0. The van der Waals surface area contributed by atoms with E-state index in [4.69, 9.17) is 18.6 Å². The lowest BCUT2D eigenvalue weighted by Crippen LogP contribution is -2.42. The van der Waals surface area contributed by atoms with Gasteiger partial charge in [0.1, 0.15) is 5.76 Å². The number of ether oxygens (including phenoxy) is 3. The van der Waals surface area contributed by atoms with Crippen LogP contribution in [0.5, 0.6) is 11.5 Å². The lowest BCUT2D eigenvalue weighted by atomic mass is 10.0. The lowest BCUT2D eigenvalue weighted by molar-refractivity contribution is 0.0249. The molecular formula is C18H19NO5. The molecule has 126 valence electrons. The quantitative estimate of drug-likeness (QED) is 0.863. The number of amides is 1. The van der Waals surface area contributed by atoms with Crippen molar-refractivity contribution in [3.8, 4) is 11.5 Å². The number of nitrogens with zero attached hydrogens (tertiary/aromatic N) is 1. The highest BCUT2D eigenvalue weighted by atomic mass is 16.7. The molecule has 2 aliphatic heterocycles. The highest BCUT2D eigenvalue weighted by Crippen LogP contribution is 2.33. The van der Waals surface area contributed by atoms with E-state index in [0.717, 1.165) is 18.6 Å². The predicted molar refractivity (Wildman–Crippen MR) is 85.0 cm³/mol. The second-order valence-electron chi connectivity index (χ2n) is 5.92. The average Bonchev–Trinajstić information content (AvgIpc) is 3.30. The molecule has 0 atom stereocenters. The monoisotopic (exact) mass is 329 g/mol. The SMILES string of the molecule is O=C(c1ccc2c(c1)OCO2)N(Cc1ccco1)C1CCOCC1. The summed E-state index contributed by atoms with van der Waals surface area (Å²) in [5.41, 5.74) is 0.595. The first-order valence-electron chi connectivity index (χ1n) is 8.12. The molecule has 0 bridgehead atoms. The fourth-order valence-electron chi connectivity index (χ4n) is 3.13. The summed E-state index contributed by atoms with van der Waals surface area (Å²) in [6.07, 6.45) is 3.29. The summed E-state index contributed by atoms with van der Waals surface area (Å²) in [6, 6.07) is 9.18. The summed E-state index contributed by atoms with van der Waals surface area (Å²) < 4.78 is 21.6. The van der Waals surface area contributed by atoms with Crippen molar-refractivity contribution in [1.29, 1.82) is 0 Å². The van der Waals surface area contributed by atoms with E-state index in [-0.39, 0.29) is 18.7 Å². The topological polar surface area (TPSA) is 61.1 Å². The zero-order chi connectivity index (χ0) is 16.4. The van der Waals surface area contributed by atoms with Crippen LogP contribution in [-0.2, 0) is 11.3 Å². The Morgan fingerprint density at radius 1 is 1.12 bits per heavy atom. The largest absolute Gasteiger partial charge is 0.467 e. The van der Waals surface area contributed by atoms with Gasteiger partial charge in [-0.05, 0) is 43.2 Å². The van der Waals surface area contributed by atoms with E-state index < -0.39 is 0 Å². The smallest absolute Gasteiger partial charge is 0.254 e. The Bertz CT molecular complexity index is 706. The fraction of sp³-hybridized carbons (Fsp3) is 0.389. The molecule has 0 aliphatic carbocycles. The second kappa shape index (κ2) is 6.57. The highest BCUT2D eigenvalue weighted by molar-refractivity contribution is 5.95. The van der Waals surface area contributed by atoms with Gasteiger partial charge < -0.3 is 23.5 Å². The minimum atomic E-state index is -0.0309. The van der Waals surface area contributed by atoms with Gasteiger partial charge in [-0.1, -0.05) is 0 Å². The first-order chi connectivity index (χ1) is 11.8. The molecule has 1 fully saturated rings. The number of hydrogen-bond acceptors (Lipinski definition) is 5. The maximum Gasteiger partial charge on any atom is 0.254 e. The zero-order valence-corrected chi connectivity index (χ0v) is 13.3. The Labute approximate surface area is 139 Å². The minimum absolute atomic E-state index is 0.0309. The van der Waals surface area contributed by atoms with Crippen LogP contribution >= 0.6 is 0 Å². The Morgan fingerprint density at radius 2 is 1.96 bits per heavy atom. The van der Waals surface area contributed by atoms with Crippen LogP contribution in [0.25, 0.3) is 0 Å². The molecule has 1 amide bonds. The van der Waals surface area contributed by atoms with E-state index >= 15 is 0 Å². The summed E-state index contributed by atoms with van der Waals surface area (Å²) in [4.78, 5) is 15.0. The first-order valence-corrected chi connectivity index (χ1v) is 8.12. The summed E-state index contributed by atoms with van der Waals surface area (Å²) in [7, 11) is 0. The maximum atomic E-state index is 13.1. The number of furan rings is 1. The number of fused-ring (bicyclic) bond motifs is 1. The molecule has 3 heterocycles. The molecule has 2 aliphatic rings. The molecule has 4 rings (SSSR count).